The van der Waals surface area contributed by atoms with E-state index in [1.165, 1.54) is 7.11 Å². The molecule has 1 amide bonds. The summed E-state index contributed by atoms with van der Waals surface area (Å²) in [6.45, 7) is 1.80. The summed E-state index contributed by atoms with van der Waals surface area (Å²) in [5, 5.41) is 8.74. The van der Waals surface area contributed by atoms with Gasteiger partial charge in [-0.1, -0.05) is 12.8 Å². The van der Waals surface area contributed by atoms with E-state index in [0.717, 1.165) is 45.0 Å². The Morgan fingerprint density at radius 2 is 1.78 bits per heavy atom. The molecule has 0 spiro atoms. The number of hydrogen-bond acceptors (Lipinski definition) is 9. The van der Waals surface area contributed by atoms with Crippen molar-refractivity contribution < 1.29 is 31.1 Å². The van der Waals surface area contributed by atoms with Gasteiger partial charge in [-0.25, -0.2) is 18.1 Å². The number of carbonyl (C=O) groups excluding carboxylic acids is 1. The van der Waals surface area contributed by atoms with Crippen LogP contribution in [0, 0.1) is 0 Å². The van der Waals surface area contributed by atoms with Gasteiger partial charge in [0.25, 0.3) is 5.91 Å². The molecule has 4 rings (SSSR count). The van der Waals surface area contributed by atoms with Gasteiger partial charge in [0.2, 0.25) is 16.0 Å². The Morgan fingerprint density at radius 3 is 2.41 bits per heavy atom. The zero-order valence-electron chi connectivity index (χ0n) is 23.2. The first-order chi connectivity index (χ1) is 19.3. The minimum Gasteiger partial charge on any atom is -0.495 e. The molecule has 1 aromatic heterocycles. The molecule has 2 heterocycles. The molecule has 41 heavy (non-hydrogen) atoms. The van der Waals surface area contributed by atoms with Gasteiger partial charge in [-0.2, -0.15) is 18.2 Å². The molecule has 1 saturated heterocycles. The maximum absolute atomic E-state index is 13.8. The smallest absolute Gasteiger partial charge is 0.421 e. The van der Waals surface area contributed by atoms with Crippen LogP contribution in [-0.4, -0.2) is 80.8 Å². The average Bonchev–Trinajstić information content (AvgIpc) is 2.90. The number of nitrogens with zero attached hydrogens (tertiary/aromatic N) is 3. The van der Waals surface area contributed by atoms with E-state index in [1.54, 1.807) is 18.2 Å². The van der Waals surface area contributed by atoms with E-state index in [4.69, 9.17) is 4.74 Å². The van der Waals surface area contributed by atoms with Crippen LogP contribution < -0.4 is 25.4 Å². The van der Waals surface area contributed by atoms with E-state index in [-0.39, 0.29) is 23.6 Å². The third kappa shape index (κ3) is 8.42. The van der Waals surface area contributed by atoms with Gasteiger partial charge in [-0.3, -0.25) is 4.79 Å². The topological polar surface area (TPSA) is 138 Å². The molecular weight excluding hydrogens is 563 g/mol. The van der Waals surface area contributed by atoms with E-state index in [9.17, 15) is 26.4 Å². The Morgan fingerprint density at radius 1 is 1.10 bits per heavy atom. The normalized spacial score (nSPS) is 20.8. The Balaban J connectivity index is 1.54. The number of piperidine rings is 1. The third-order valence-corrected chi connectivity index (χ3v) is 8.04. The summed E-state index contributed by atoms with van der Waals surface area (Å²) in [5.74, 6) is -0.559. The number of nitrogens with one attached hydrogen (secondary N) is 4. The van der Waals surface area contributed by atoms with Gasteiger partial charge in [0.15, 0.2) is 0 Å². The number of benzene rings is 1. The first-order valence-electron chi connectivity index (χ1n) is 13.4. The fourth-order valence-corrected chi connectivity index (χ4v) is 5.96. The van der Waals surface area contributed by atoms with Gasteiger partial charge in [0.1, 0.15) is 17.1 Å². The summed E-state index contributed by atoms with van der Waals surface area (Å²) in [6, 6.07) is 3.59. The molecule has 2 aliphatic rings. The molecule has 2 fully saturated rings. The predicted octanol–water partition coefficient (Wildman–Crippen LogP) is 3.34. The lowest BCUT2D eigenvalue weighted by Crippen LogP contribution is -2.48. The van der Waals surface area contributed by atoms with E-state index < -0.39 is 39.7 Å². The minimum absolute atomic E-state index is 0.0744. The first-order valence-corrected chi connectivity index (χ1v) is 15.3. The molecule has 4 N–H and O–H groups in total. The summed E-state index contributed by atoms with van der Waals surface area (Å²) in [5.41, 5.74) is -0.341. The SMILES string of the molecule is COc1cc(C(=O)NC2CCN(C)CC2)ccc1Nc1ncc(C(F)(F)F)c(N[C@@H]2CCCC[C@H]2NS(C)(=O)=O)n1. The van der Waals surface area contributed by atoms with Gasteiger partial charge < -0.3 is 25.6 Å². The summed E-state index contributed by atoms with van der Waals surface area (Å²) in [6.07, 6.45) is 1.09. The van der Waals surface area contributed by atoms with Crippen LogP contribution in [0.15, 0.2) is 24.4 Å². The van der Waals surface area contributed by atoms with E-state index in [1.807, 2.05) is 7.05 Å². The number of amides is 1. The molecule has 2 atom stereocenters. The molecule has 15 heteroatoms. The number of ether oxygens (including phenoxy) is 1. The van der Waals surface area contributed by atoms with E-state index in [0.29, 0.717) is 30.3 Å². The molecule has 1 aliphatic carbocycles. The van der Waals surface area contributed by atoms with Crippen molar-refractivity contribution in [3.05, 3.63) is 35.5 Å². The van der Waals surface area contributed by atoms with Crippen molar-refractivity contribution in [1.29, 1.82) is 0 Å². The number of anilines is 3. The number of rotatable bonds is 9. The first kappa shape index (κ1) is 30.8. The van der Waals surface area contributed by atoms with Crippen LogP contribution in [0.4, 0.5) is 30.6 Å². The monoisotopic (exact) mass is 599 g/mol. The second-order valence-corrected chi connectivity index (χ2v) is 12.4. The number of halogens is 3. The van der Waals surface area contributed by atoms with Crippen molar-refractivity contribution in [2.24, 2.45) is 0 Å². The van der Waals surface area contributed by atoms with E-state index >= 15 is 0 Å². The number of likely N-dealkylation sites (tertiary alicyclic amines) is 1. The van der Waals surface area contributed by atoms with Gasteiger partial charge in [-0.05, 0) is 64.0 Å². The zero-order valence-corrected chi connectivity index (χ0v) is 24.0. The summed E-state index contributed by atoms with van der Waals surface area (Å²) < 4.78 is 73.1. The maximum Gasteiger partial charge on any atom is 0.421 e. The van der Waals surface area contributed by atoms with Crippen LogP contribution >= 0.6 is 0 Å². The van der Waals surface area contributed by atoms with E-state index in [2.05, 4.69) is 35.5 Å². The molecule has 1 aromatic carbocycles. The quantitative estimate of drug-likeness (QED) is 0.342. The van der Waals surface area contributed by atoms with Crippen molar-refractivity contribution in [1.82, 2.24) is 24.9 Å². The molecule has 1 aliphatic heterocycles. The van der Waals surface area contributed by atoms with Gasteiger partial charge >= 0.3 is 6.18 Å². The highest BCUT2D eigenvalue weighted by atomic mass is 32.2. The van der Waals surface area contributed by atoms with Crippen LogP contribution in [0.1, 0.15) is 54.4 Å². The van der Waals surface area contributed by atoms with Crippen molar-refractivity contribution in [3.63, 3.8) is 0 Å². The van der Waals surface area contributed by atoms with Crippen molar-refractivity contribution >= 4 is 33.4 Å². The fourth-order valence-electron chi connectivity index (χ4n) is 5.13. The largest absolute Gasteiger partial charge is 0.495 e. The highest BCUT2D eigenvalue weighted by Gasteiger charge is 2.37. The summed E-state index contributed by atoms with van der Waals surface area (Å²) >= 11 is 0. The third-order valence-electron chi connectivity index (χ3n) is 7.31. The maximum atomic E-state index is 13.8. The number of sulfonamides is 1. The highest BCUT2D eigenvalue weighted by molar-refractivity contribution is 7.88. The van der Waals surface area contributed by atoms with Crippen LogP contribution in [0.25, 0.3) is 0 Å². The van der Waals surface area contributed by atoms with Crippen molar-refractivity contribution in [3.8, 4) is 5.75 Å². The number of hydrogen-bond donors (Lipinski definition) is 4. The molecule has 1 saturated carbocycles. The molecule has 2 aromatic rings. The summed E-state index contributed by atoms with van der Waals surface area (Å²) in [4.78, 5) is 23.0. The van der Waals surface area contributed by atoms with Crippen LogP contribution in [0.3, 0.4) is 0 Å². The predicted molar refractivity (Wildman–Crippen MR) is 149 cm³/mol. The Labute approximate surface area is 237 Å². The Hall–Kier alpha value is -3.17. The Kier molecular flexibility index (Phi) is 9.59. The molecule has 0 radical (unpaired) electrons. The lowest BCUT2D eigenvalue weighted by molar-refractivity contribution is -0.137. The average molecular weight is 600 g/mol. The van der Waals surface area contributed by atoms with Crippen LogP contribution in [-0.2, 0) is 16.2 Å². The molecule has 0 unspecified atom stereocenters. The number of aromatic nitrogens is 2. The lowest BCUT2D eigenvalue weighted by Gasteiger charge is -2.33. The second-order valence-electron chi connectivity index (χ2n) is 10.6. The van der Waals surface area contributed by atoms with Crippen molar-refractivity contribution in [2.45, 2.75) is 62.8 Å². The Bertz CT molecular complexity index is 1330. The number of carbonyl (C=O) groups is 1. The number of alkyl halides is 3. The molecule has 11 nitrogen and oxygen atoms in total. The minimum atomic E-state index is -4.74. The van der Waals surface area contributed by atoms with Gasteiger partial charge in [-0.15, -0.1) is 0 Å². The zero-order chi connectivity index (χ0) is 29.8. The number of methoxy groups -OCH3 is 1. The lowest BCUT2D eigenvalue weighted by atomic mass is 9.91. The second kappa shape index (κ2) is 12.8. The summed E-state index contributed by atoms with van der Waals surface area (Å²) in [7, 11) is -0.113. The standard InChI is InChI=1S/C26H36F3N7O4S/c1-36-12-10-17(11-13-36)31-24(37)16-8-9-21(22(14-16)40-2)33-25-30-15-18(26(27,28)29)23(34-25)32-19-6-4-5-7-20(19)35-41(3,38)39/h8-9,14-15,17,19-20,35H,4-7,10-13H2,1-3H3,(H,31,37)(H2,30,32,33,34)/t19-,20-/m1/s1. The van der Waals surface area contributed by atoms with Crippen LogP contribution in [0.2, 0.25) is 0 Å². The van der Waals surface area contributed by atoms with Crippen LogP contribution in [0.5, 0.6) is 5.75 Å². The molecule has 0 bridgehead atoms. The molecular formula is C26H36F3N7O4S. The van der Waals surface area contributed by atoms with Gasteiger partial charge in [0.05, 0.1) is 19.1 Å². The highest BCUT2D eigenvalue weighted by Crippen LogP contribution is 2.36. The van der Waals surface area contributed by atoms with Gasteiger partial charge in [0, 0.05) is 29.9 Å². The van der Waals surface area contributed by atoms with Crippen molar-refractivity contribution in [2.75, 3.05) is 44.1 Å². The molecule has 226 valence electrons. The fraction of sp³-hybridized carbons (Fsp3) is 0.577.